The van der Waals surface area contributed by atoms with Crippen molar-refractivity contribution in [3.05, 3.63) is 5.51 Å². The molecule has 1 amide bonds. The molecule has 3 rings (SSSR count). The molecule has 2 fully saturated rings. The number of ether oxygens (including phenoxy) is 1. The van der Waals surface area contributed by atoms with Crippen LogP contribution in [0.5, 0.6) is 0 Å². The smallest absolute Gasteiger partial charge is 0.251 e. The molecule has 2 aliphatic heterocycles. The average Bonchev–Trinajstić information content (AvgIpc) is 2.94. The Balaban J connectivity index is 1.39. The fourth-order valence-electron chi connectivity index (χ4n) is 2.44. The quantitative estimate of drug-likeness (QED) is 0.821. The zero-order valence-corrected chi connectivity index (χ0v) is 11.7. The third-order valence-electron chi connectivity index (χ3n) is 3.77. The topological polar surface area (TPSA) is 70.7 Å². The molecule has 2 saturated heterocycles. The van der Waals surface area contributed by atoms with Gasteiger partial charge in [0.1, 0.15) is 5.51 Å². The lowest BCUT2D eigenvalue weighted by atomic mass is 9.97. The van der Waals surface area contributed by atoms with Crippen molar-refractivity contribution in [1.29, 1.82) is 0 Å². The molecule has 0 aromatic carbocycles. The molecule has 2 atom stereocenters. The van der Waals surface area contributed by atoms with Gasteiger partial charge in [0.2, 0.25) is 5.13 Å². The number of carbonyl (C=O) groups excluding carboxylic acids is 1. The van der Waals surface area contributed by atoms with Gasteiger partial charge in [0, 0.05) is 19.6 Å². The van der Waals surface area contributed by atoms with Crippen molar-refractivity contribution in [2.75, 3.05) is 24.5 Å². The number of hydrogen-bond donors (Lipinski definition) is 1. The summed E-state index contributed by atoms with van der Waals surface area (Å²) in [7, 11) is 0. The molecule has 6 nitrogen and oxygen atoms in total. The van der Waals surface area contributed by atoms with Crippen LogP contribution in [0.3, 0.4) is 0 Å². The number of rotatable bonds is 4. The summed E-state index contributed by atoms with van der Waals surface area (Å²) in [6.45, 7) is 4.66. The van der Waals surface area contributed by atoms with E-state index in [9.17, 15) is 4.79 Å². The van der Waals surface area contributed by atoms with Gasteiger partial charge in [-0.25, -0.2) is 0 Å². The van der Waals surface area contributed by atoms with Crippen LogP contribution in [0.4, 0.5) is 5.13 Å². The Morgan fingerprint density at radius 2 is 2.32 bits per heavy atom. The van der Waals surface area contributed by atoms with Gasteiger partial charge in [-0.15, -0.1) is 10.2 Å². The monoisotopic (exact) mass is 282 g/mol. The molecule has 104 valence electrons. The van der Waals surface area contributed by atoms with Gasteiger partial charge in [0.25, 0.3) is 5.91 Å². The summed E-state index contributed by atoms with van der Waals surface area (Å²) in [4.78, 5) is 13.9. The van der Waals surface area contributed by atoms with Crippen molar-refractivity contribution >= 4 is 22.4 Å². The molecule has 1 aromatic rings. The Morgan fingerprint density at radius 3 is 2.89 bits per heavy atom. The lowest BCUT2D eigenvalue weighted by molar-refractivity contribution is -0.122. The van der Waals surface area contributed by atoms with Crippen molar-refractivity contribution in [3.63, 3.8) is 0 Å². The minimum absolute atomic E-state index is 0.0408. The molecule has 0 radical (unpaired) electrons. The zero-order chi connectivity index (χ0) is 13.2. The summed E-state index contributed by atoms with van der Waals surface area (Å²) in [6.07, 6.45) is 2.06. The van der Waals surface area contributed by atoms with E-state index in [0.29, 0.717) is 5.92 Å². The molecule has 0 spiro atoms. The van der Waals surface area contributed by atoms with Crippen LogP contribution in [0.25, 0.3) is 0 Å². The number of carbonyl (C=O) groups is 1. The van der Waals surface area contributed by atoms with Gasteiger partial charge in [-0.2, -0.15) is 0 Å². The van der Waals surface area contributed by atoms with Crippen molar-refractivity contribution in [2.24, 2.45) is 5.92 Å². The second-order valence-electron chi connectivity index (χ2n) is 5.16. The largest absolute Gasteiger partial charge is 0.359 e. The Morgan fingerprint density at radius 1 is 1.58 bits per heavy atom. The molecule has 3 heterocycles. The van der Waals surface area contributed by atoms with Crippen LogP contribution in [0, 0.1) is 5.92 Å². The van der Waals surface area contributed by atoms with E-state index in [2.05, 4.69) is 20.4 Å². The molecule has 19 heavy (non-hydrogen) atoms. The highest BCUT2D eigenvalue weighted by Gasteiger charge is 2.41. The summed E-state index contributed by atoms with van der Waals surface area (Å²) in [5, 5.41) is 11.9. The number of nitrogens with zero attached hydrogens (tertiary/aromatic N) is 3. The van der Waals surface area contributed by atoms with E-state index in [4.69, 9.17) is 4.74 Å². The van der Waals surface area contributed by atoms with Gasteiger partial charge in [-0.3, -0.25) is 4.79 Å². The summed E-state index contributed by atoms with van der Waals surface area (Å²) in [6, 6.07) is 0. The second-order valence-corrected chi connectivity index (χ2v) is 5.97. The van der Waals surface area contributed by atoms with Crippen LogP contribution in [0.15, 0.2) is 5.51 Å². The van der Waals surface area contributed by atoms with E-state index in [-0.39, 0.29) is 18.1 Å². The maximum atomic E-state index is 11.6. The van der Waals surface area contributed by atoms with Crippen LogP contribution in [-0.4, -0.2) is 47.9 Å². The van der Waals surface area contributed by atoms with E-state index in [0.717, 1.165) is 37.6 Å². The molecule has 0 bridgehead atoms. The zero-order valence-electron chi connectivity index (χ0n) is 10.9. The SMILES string of the molecule is C[C@@H]1O[C@H]1C(=O)NCC1CCN(c2nncs2)CC1. The summed E-state index contributed by atoms with van der Waals surface area (Å²) in [5.41, 5.74) is 1.76. The van der Waals surface area contributed by atoms with E-state index in [1.807, 2.05) is 6.92 Å². The molecule has 0 unspecified atom stereocenters. The lowest BCUT2D eigenvalue weighted by Crippen LogP contribution is -2.39. The van der Waals surface area contributed by atoms with E-state index in [1.165, 1.54) is 0 Å². The minimum Gasteiger partial charge on any atom is -0.359 e. The first-order chi connectivity index (χ1) is 9.24. The lowest BCUT2D eigenvalue weighted by Gasteiger charge is -2.31. The molecule has 0 aliphatic carbocycles. The highest BCUT2D eigenvalue weighted by atomic mass is 32.1. The van der Waals surface area contributed by atoms with Crippen LogP contribution in [0.2, 0.25) is 0 Å². The van der Waals surface area contributed by atoms with Crippen molar-refractivity contribution < 1.29 is 9.53 Å². The molecule has 2 aliphatic rings. The van der Waals surface area contributed by atoms with Crippen molar-refractivity contribution in [1.82, 2.24) is 15.5 Å². The summed E-state index contributed by atoms with van der Waals surface area (Å²) in [5.74, 6) is 0.598. The average molecular weight is 282 g/mol. The fraction of sp³-hybridized carbons (Fsp3) is 0.750. The number of hydrogen-bond acceptors (Lipinski definition) is 6. The number of epoxide rings is 1. The third-order valence-corrected chi connectivity index (χ3v) is 4.52. The van der Waals surface area contributed by atoms with Gasteiger partial charge in [0.05, 0.1) is 6.10 Å². The van der Waals surface area contributed by atoms with Gasteiger partial charge in [-0.05, 0) is 25.7 Å². The second kappa shape index (κ2) is 5.42. The normalized spacial score (nSPS) is 27.3. The first kappa shape index (κ1) is 12.8. The van der Waals surface area contributed by atoms with Crippen molar-refractivity contribution in [2.45, 2.75) is 32.0 Å². The summed E-state index contributed by atoms with van der Waals surface area (Å²) >= 11 is 1.58. The minimum atomic E-state index is -0.207. The predicted molar refractivity (Wildman–Crippen MR) is 72.2 cm³/mol. The van der Waals surface area contributed by atoms with Crippen LogP contribution < -0.4 is 10.2 Å². The van der Waals surface area contributed by atoms with E-state index >= 15 is 0 Å². The Labute approximate surface area is 116 Å². The first-order valence-corrected chi connectivity index (χ1v) is 7.56. The predicted octanol–water partition coefficient (Wildman–Crippen LogP) is 0.658. The number of aromatic nitrogens is 2. The maximum Gasteiger partial charge on any atom is 0.251 e. The highest BCUT2D eigenvalue weighted by molar-refractivity contribution is 7.13. The molecule has 7 heteroatoms. The van der Waals surface area contributed by atoms with Gasteiger partial charge in [-0.1, -0.05) is 11.3 Å². The van der Waals surface area contributed by atoms with Crippen molar-refractivity contribution in [3.8, 4) is 0 Å². The number of amides is 1. The first-order valence-electron chi connectivity index (χ1n) is 6.68. The molecule has 1 aromatic heterocycles. The standard InChI is InChI=1S/C12H18N4O2S/c1-8-10(18-8)11(17)13-6-9-2-4-16(5-3-9)12-15-14-7-19-12/h7-10H,2-6H2,1H3,(H,13,17)/t8-,10+/m0/s1. The fourth-order valence-corrected chi connectivity index (χ4v) is 3.05. The molecule has 1 N–H and O–H groups in total. The Hall–Kier alpha value is -1.21. The van der Waals surface area contributed by atoms with Gasteiger partial charge >= 0.3 is 0 Å². The molecule has 0 saturated carbocycles. The number of piperidine rings is 1. The number of anilines is 1. The van der Waals surface area contributed by atoms with Gasteiger partial charge < -0.3 is 15.0 Å². The summed E-state index contributed by atoms with van der Waals surface area (Å²) < 4.78 is 5.15. The highest BCUT2D eigenvalue weighted by Crippen LogP contribution is 2.24. The van der Waals surface area contributed by atoms with Gasteiger partial charge in [0.15, 0.2) is 6.10 Å². The maximum absolute atomic E-state index is 11.6. The van der Waals surface area contributed by atoms with E-state index < -0.39 is 0 Å². The third kappa shape index (κ3) is 3.03. The van der Waals surface area contributed by atoms with Crippen LogP contribution >= 0.6 is 11.3 Å². The Bertz CT molecular complexity index is 431. The van der Waals surface area contributed by atoms with E-state index in [1.54, 1.807) is 16.8 Å². The van der Waals surface area contributed by atoms with Crippen LogP contribution in [0.1, 0.15) is 19.8 Å². The van der Waals surface area contributed by atoms with Crippen LogP contribution in [-0.2, 0) is 9.53 Å². The number of nitrogens with one attached hydrogen (secondary N) is 1. The Kier molecular flexibility index (Phi) is 3.65. The molecular formula is C12H18N4O2S. The molecular weight excluding hydrogens is 264 g/mol.